The highest BCUT2D eigenvalue weighted by Gasteiger charge is 2.04. The first-order chi connectivity index (χ1) is 9.24. The third-order valence-corrected chi connectivity index (χ3v) is 4.99. The molecule has 0 saturated heterocycles. The number of anilines is 1. The predicted octanol–water partition coefficient (Wildman–Crippen LogP) is 5.32. The van der Waals surface area contributed by atoms with E-state index in [2.05, 4.69) is 55.9 Å². The van der Waals surface area contributed by atoms with Gasteiger partial charge < -0.3 is 5.32 Å². The fourth-order valence-corrected chi connectivity index (χ4v) is 3.30. The molecule has 1 aromatic carbocycles. The number of nitrogens with one attached hydrogen (secondary N) is 1. The summed E-state index contributed by atoms with van der Waals surface area (Å²) in [5.74, 6) is 0. The smallest absolute Gasteiger partial charge is 0.143 e. The molecule has 0 fully saturated rings. The fraction of sp³-hybridized carbons (Fsp3) is 0.0714. The molecule has 96 valence electrons. The number of benzene rings is 1. The Balaban J connectivity index is 1.80. The van der Waals surface area contributed by atoms with Crippen molar-refractivity contribution < 1.29 is 0 Å². The van der Waals surface area contributed by atoms with E-state index in [0.29, 0.717) is 5.15 Å². The molecule has 0 aliphatic heterocycles. The molecule has 2 nitrogen and oxygen atoms in total. The van der Waals surface area contributed by atoms with Crippen molar-refractivity contribution in [1.82, 2.24) is 4.98 Å². The summed E-state index contributed by atoms with van der Waals surface area (Å²) in [5, 5.41) is 7.34. The van der Waals surface area contributed by atoms with Crippen molar-refractivity contribution in [1.29, 1.82) is 0 Å². The largest absolute Gasteiger partial charge is 0.380 e. The van der Waals surface area contributed by atoms with Gasteiger partial charge in [-0.25, -0.2) is 4.98 Å². The zero-order valence-electron chi connectivity index (χ0n) is 9.86. The summed E-state index contributed by atoms with van der Waals surface area (Å²) in [5.41, 5.74) is 2.25. The predicted molar refractivity (Wildman–Crippen MR) is 86.1 cm³/mol. The number of rotatable bonds is 3. The quantitative estimate of drug-likeness (QED) is 0.644. The summed E-state index contributed by atoms with van der Waals surface area (Å²) in [4.78, 5) is 4.10. The molecule has 3 aromatic rings. The van der Waals surface area contributed by atoms with Gasteiger partial charge >= 0.3 is 0 Å². The molecule has 0 saturated carbocycles. The molecule has 0 radical (unpaired) electrons. The van der Waals surface area contributed by atoms with Gasteiger partial charge in [-0.15, -0.1) is 11.3 Å². The van der Waals surface area contributed by atoms with Crippen molar-refractivity contribution in [3.63, 3.8) is 0 Å². The number of hydrogen-bond acceptors (Lipinski definition) is 3. The Bertz CT molecular complexity index is 726. The van der Waals surface area contributed by atoms with E-state index in [0.717, 1.165) is 16.7 Å². The summed E-state index contributed by atoms with van der Waals surface area (Å²) in [6, 6.07) is 10.4. The Kier molecular flexibility index (Phi) is 3.73. The lowest BCUT2D eigenvalue weighted by Crippen LogP contribution is -1.99. The van der Waals surface area contributed by atoms with Crippen LogP contribution in [0.4, 0.5) is 5.69 Å². The molecule has 0 amide bonds. The number of thiophene rings is 1. The molecule has 3 rings (SSSR count). The van der Waals surface area contributed by atoms with Gasteiger partial charge in [0.05, 0.1) is 16.4 Å². The van der Waals surface area contributed by atoms with E-state index < -0.39 is 0 Å². The minimum atomic E-state index is 0.478. The summed E-state index contributed by atoms with van der Waals surface area (Å²) < 4.78 is 2.11. The van der Waals surface area contributed by atoms with Crippen LogP contribution in [-0.2, 0) is 6.54 Å². The molecule has 0 aliphatic carbocycles. The van der Waals surface area contributed by atoms with Gasteiger partial charge in [0, 0.05) is 11.2 Å². The van der Waals surface area contributed by atoms with Gasteiger partial charge in [-0.05, 0) is 44.4 Å². The van der Waals surface area contributed by atoms with Crippen LogP contribution in [0.5, 0.6) is 0 Å². The maximum absolute atomic E-state index is 5.87. The lowest BCUT2D eigenvalue weighted by atomic mass is 10.2. The van der Waals surface area contributed by atoms with E-state index >= 15 is 0 Å². The van der Waals surface area contributed by atoms with Crippen molar-refractivity contribution >= 4 is 54.6 Å². The van der Waals surface area contributed by atoms with Crippen LogP contribution in [0.1, 0.15) is 5.56 Å². The van der Waals surface area contributed by atoms with Crippen molar-refractivity contribution in [2.24, 2.45) is 0 Å². The van der Waals surface area contributed by atoms with Gasteiger partial charge in [0.2, 0.25) is 0 Å². The zero-order valence-corrected chi connectivity index (χ0v) is 13.0. The number of pyridine rings is 1. The van der Waals surface area contributed by atoms with Crippen LogP contribution in [0.2, 0.25) is 5.15 Å². The zero-order chi connectivity index (χ0) is 13.2. The Morgan fingerprint density at radius 3 is 3.00 bits per heavy atom. The van der Waals surface area contributed by atoms with Crippen LogP contribution in [0.3, 0.4) is 0 Å². The lowest BCUT2D eigenvalue weighted by molar-refractivity contribution is 1.16. The van der Waals surface area contributed by atoms with Crippen LogP contribution in [0.25, 0.3) is 10.1 Å². The molecule has 0 spiro atoms. The van der Waals surface area contributed by atoms with E-state index in [-0.39, 0.29) is 0 Å². The molecule has 0 bridgehead atoms. The van der Waals surface area contributed by atoms with Gasteiger partial charge in [-0.3, -0.25) is 0 Å². The number of halogens is 2. The third kappa shape index (κ3) is 2.76. The Morgan fingerprint density at radius 1 is 1.32 bits per heavy atom. The number of aromatic nitrogens is 1. The van der Waals surface area contributed by atoms with Crippen molar-refractivity contribution in [2.45, 2.75) is 6.54 Å². The van der Waals surface area contributed by atoms with Crippen molar-refractivity contribution in [2.75, 3.05) is 5.32 Å². The maximum Gasteiger partial charge on any atom is 0.143 e. The molecule has 5 heteroatoms. The van der Waals surface area contributed by atoms with Gasteiger partial charge in [0.25, 0.3) is 0 Å². The van der Waals surface area contributed by atoms with Crippen molar-refractivity contribution in [3.05, 3.63) is 57.1 Å². The van der Waals surface area contributed by atoms with E-state index in [1.807, 2.05) is 6.07 Å². The highest BCUT2D eigenvalue weighted by atomic mass is 79.9. The normalized spacial score (nSPS) is 10.8. The lowest BCUT2D eigenvalue weighted by Gasteiger charge is -2.06. The molecule has 0 unspecified atom stereocenters. The molecule has 0 atom stereocenters. The summed E-state index contributed by atoms with van der Waals surface area (Å²) >= 11 is 11.0. The van der Waals surface area contributed by atoms with Gasteiger partial charge in [0.15, 0.2) is 0 Å². The molecule has 2 aromatic heterocycles. The molecule has 2 heterocycles. The summed E-state index contributed by atoms with van der Waals surface area (Å²) in [7, 11) is 0. The first-order valence-electron chi connectivity index (χ1n) is 5.74. The summed E-state index contributed by atoms with van der Waals surface area (Å²) in [6.45, 7) is 0.778. The second-order valence-corrected chi connectivity index (χ2v) is 6.23. The van der Waals surface area contributed by atoms with E-state index in [4.69, 9.17) is 11.6 Å². The van der Waals surface area contributed by atoms with E-state index in [1.54, 1.807) is 17.5 Å². The second-order valence-electron chi connectivity index (χ2n) is 4.11. The molecular weight excluding hydrogens is 344 g/mol. The van der Waals surface area contributed by atoms with Crippen LogP contribution in [0.15, 0.2) is 46.4 Å². The number of nitrogens with zero attached hydrogens (tertiary/aromatic N) is 1. The fourth-order valence-electron chi connectivity index (χ4n) is 1.88. The number of fused-ring (bicyclic) bond motifs is 1. The minimum Gasteiger partial charge on any atom is -0.380 e. The SMILES string of the molecule is Clc1ncc(NCc2csc3ccccc23)cc1Br. The van der Waals surface area contributed by atoms with E-state index in [1.165, 1.54) is 15.6 Å². The van der Waals surface area contributed by atoms with Gasteiger partial charge in [-0.2, -0.15) is 0 Å². The molecule has 1 N–H and O–H groups in total. The molecule has 19 heavy (non-hydrogen) atoms. The van der Waals surface area contributed by atoms with Crippen LogP contribution in [-0.4, -0.2) is 4.98 Å². The van der Waals surface area contributed by atoms with Gasteiger partial charge in [-0.1, -0.05) is 29.8 Å². The Morgan fingerprint density at radius 2 is 2.16 bits per heavy atom. The molecular formula is C14H10BrClN2S. The third-order valence-electron chi connectivity index (χ3n) is 2.84. The van der Waals surface area contributed by atoms with E-state index in [9.17, 15) is 0 Å². The summed E-state index contributed by atoms with van der Waals surface area (Å²) in [6.07, 6.45) is 1.74. The Hall–Kier alpha value is -1.10. The van der Waals surface area contributed by atoms with Crippen LogP contribution in [0, 0.1) is 0 Å². The highest BCUT2D eigenvalue weighted by molar-refractivity contribution is 9.10. The van der Waals surface area contributed by atoms with Crippen LogP contribution < -0.4 is 5.32 Å². The highest BCUT2D eigenvalue weighted by Crippen LogP contribution is 2.27. The number of hydrogen-bond donors (Lipinski definition) is 1. The van der Waals surface area contributed by atoms with Gasteiger partial charge in [0.1, 0.15) is 5.15 Å². The second kappa shape index (κ2) is 5.49. The average Bonchev–Trinajstić information content (AvgIpc) is 2.83. The standard InChI is InChI=1S/C14H10BrClN2S/c15-12-5-10(7-18-14(12)16)17-6-9-8-19-13-4-2-1-3-11(9)13/h1-5,7-8,17H,6H2. The monoisotopic (exact) mass is 352 g/mol. The first-order valence-corrected chi connectivity index (χ1v) is 7.79. The molecule has 0 aliphatic rings. The topological polar surface area (TPSA) is 24.9 Å². The Labute approximate surface area is 128 Å². The van der Waals surface area contributed by atoms with Crippen molar-refractivity contribution in [3.8, 4) is 0 Å². The minimum absolute atomic E-state index is 0.478. The van der Waals surface area contributed by atoms with Crippen LogP contribution >= 0.6 is 38.9 Å². The average molecular weight is 354 g/mol. The first kappa shape index (κ1) is 12.9. The maximum atomic E-state index is 5.87.